The molecule has 1 amide bonds. The van der Waals surface area contributed by atoms with Crippen molar-refractivity contribution in [3.05, 3.63) is 58.9 Å². The predicted molar refractivity (Wildman–Crippen MR) is 86.5 cm³/mol. The van der Waals surface area contributed by atoms with Gasteiger partial charge in [-0.25, -0.2) is 4.39 Å². The van der Waals surface area contributed by atoms with Gasteiger partial charge in [0.05, 0.1) is 10.6 Å². The maximum atomic E-state index is 13.4. The number of hydrogen-bond acceptors (Lipinski definition) is 3. The molecule has 1 N–H and O–H groups in total. The minimum absolute atomic E-state index is 0.190. The average molecular weight is 335 g/mol. The largest absolute Gasteiger partial charge is 0.326 e. The maximum Gasteiger partial charge on any atom is 0.225 e. The standard InChI is InChI=1S/C16H12ClFN2OS/c17-13-9-12(6-5-11(13)10-19)20-16(21)7-8-22-15-4-2-1-3-14(15)18/h1-6,9H,7-8H2,(H,20,21). The second-order valence-electron chi connectivity index (χ2n) is 4.38. The van der Waals surface area contributed by atoms with E-state index >= 15 is 0 Å². The number of carbonyl (C=O) groups excluding carboxylic acids is 1. The van der Waals surface area contributed by atoms with Crippen molar-refractivity contribution >= 4 is 35.0 Å². The summed E-state index contributed by atoms with van der Waals surface area (Å²) >= 11 is 7.19. The fourth-order valence-electron chi connectivity index (χ4n) is 1.72. The highest BCUT2D eigenvalue weighted by Gasteiger charge is 2.07. The molecule has 2 rings (SSSR count). The lowest BCUT2D eigenvalue weighted by molar-refractivity contribution is -0.115. The summed E-state index contributed by atoms with van der Waals surface area (Å²) in [5.41, 5.74) is 0.889. The second-order valence-corrected chi connectivity index (χ2v) is 5.93. The first-order valence-corrected chi connectivity index (χ1v) is 7.83. The van der Waals surface area contributed by atoms with E-state index in [1.807, 2.05) is 6.07 Å². The first kappa shape index (κ1) is 16.3. The van der Waals surface area contributed by atoms with Crippen molar-refractivity contribution in [2.45, 2.75) is 11.3 Å². The molecule has 0 aliphatic rings. The Balaban J connectivity index is 1.85. The number of amides is 1. The number of nitriles is 1. The molecule has 22 heavy (non-hydrogen) atoms. The predicted octanol–water partition coefficient (Wildman–Crippen LogP) is 4.47. The third-order valence-electron chi connectivity index (χ3n) is 2.80. The first-order chi connectivity index (χ1) is 10.6. The fraction of sp³-hybridized carbons (Fsp3) is 0.125. The van der Waals surface area contributed by atoms with Gasteiger partial charge in [0.25, 0.3) is 0 Å². The van der Waals surface area contributed by atoms with E-state index in [0.717, 1.165) is 0 Å². The van der Waals surface area contributed by atoms with Crippen LogP contribution in [0.25, 0.3) is 0 Å². The van der Waals surface area contributed by atoms with E-state index in [1.165, 1.54) is 23.9 Å². The van der Waals surface area contributed by atoms with Gasteiger partial charge in [-0.2, -0.15) is 5.26 Å². The van der Waals surface area contributed by atoms with Crippen LogP contribution < -0.4 is 5.32 Å². The zero-order chi connectivity index (χ0) is 15.9. The van der Waals surface area contributed by atoms with Crippen molar-refractivity contribution in [2.75, 3.05) is 11.1 Å². The van der Waals surface area contributed by atoms with Crippen molar-refractivity contribution in [1.29, 1.82) is 5.26 Å². The van der Waals surface area contributed by atoms with Crippen molar-refractivity contribution in [1.82, 2.24) is 0 Å². The molecule has 0 aliphatic heterocycles. The normalized spacial score (nSPS) is 10.0. The monoisotopic (exact) mass is 334 g/mol. The summed E-state index contributed by atoms with van der Waals surface area (Å²) in [4.78, 5) is 12.4. The second kappa shape index (κ2) is 7.83. The Bertz CT molecular complexity index is 730. The molecular formula is C16H12ClFN2OS. The van der Waals surface area contributed by atoms with E-state index in [1.54, 1.807) is 30.3 Å². The number of nitrogens with one attached hydrogen (secondary N) is 1. The highest BCUT2D eigenvalue weighted by molar-refractivity contribution is 7.99. The quantitative estimate of drug-likeness (QED) is 0.821. The van der Waals surface area contributed by atoms with Crippen molar-refractivity contribution in [3.63, 3.8) is 0 Å². The fourth-order valence-corrected chi connectivity index (χ4v) is 2.83. The van der Waals surface area contributed by atoms with Crippen molar-refractivity contribution in [3.8, 4) is 6.07 Å². The van der Waals surface area contributed by atoms with Crippen LogP contribution in [0.5, 0.6) is 0 Å². The Hall–Kier alpha value is -2.03. The third-order valence-corrected chi connectivity index (χ3v) is 4.16. The number of carbonyl (C=O) groups is 1. The van der Waals surface area contributed by atoms with Gasteiger partial charge in [0.1, 0.15) is 11.9 Å². The number of anilines is 1. The number of rotatable bonds is 5. The molecule has 6 heteroatoms. The van der Waals surface area contributed by atoms with E-state index in [9.17, 15) is 9.18 Å². The minimum Gasteiger partial charge on any atom is -0.326 e. The summed E-state index contributed by atoms with van der Waals surface area (Å²) in [6.45, 7) is 0. The zero-order valence-electron chi connectivity index (χ0n) is 11.5. The van der Waals surface area contributed by atoms with Crippen molar-refractivity contribution in [2.24, 2.45) is 0 Å². The highest BCUT2D eigenvalue weighted by atomic mass is 35.5. The van der Waals surface area contributed by atoms with Crippen LogP contribution in [0.2, 0.25) is 5.02 Å². The van der Waals surface area contributed by atoms with Gasteiger partial charge in [0, 0.05) is 22.8 Å². The number of halogens is 2. The molecule has 0 aromatic heterocycles. The van der Waals surface area contributed by atoms with E-state index in [-0.39, 0.29) is 18.1 Å². The van der Waals surface area contributed by atoms with Gasteiger partial charge in [0.15, 0.2) is 0 Å². The van der Waals surface area contributed by atoms with Crippen LogP contribution in [0, 0.1) is 17.1 Å². The SMILES string of the molecule is N#Cc1ccc(NC(=O)CCSc2ccccc2F)cc1Cl. The Kier molecular flexibility index (Phi) is 5.82. The summed E-state index contributed by atoms with van der Waals surface area (Å²) in [6.07, 6.45) is 0.247. The summed E-state index contributed by atoms with van der Waals surface area (Å²) in [5, 5.41) is 11.8. The molecule has 2 aromatic rings. The van der Waals surface area contributed by atoms with Gasteiger partial charge >= 0.3 is 0 Å². The Labute approximate surface area is 137 Å². The maximum absolute atomic E-state index is 13.4. The van der Waals surface area contributed by atoms with Gasteiger partial charge in [0.2, 0.25) is 5.91 Å². The lowest BCUT2D eigenvalue weighted by atomic mass is 10.2. The molecule has 0 spiro atoms. The highest BCUT2D eigenvalue weighted by Crippen LogP contribution is 2.23. The molecule has 0 heterocycles. The summed E-state index contributed by atoms with van der Waals surface area (Å²) in [7, 11) is 0. The minimum atomic E-state index is -0.285. The molecule has 0 radical (unpaired) electrons. The molecule has 0 aliphatic carbocycles. The number of benzene rings is 2. The van der Waals surface area contributed by atoms with E-state index < -0.39 is 0 Å². The Morgan fingerprint density at radius 2 is 2.09 bits per heavy atom. The molecular weight excluding hydrogens is 323 g/mol. The average Bonchev–Trinajstić information content (AvgIpc) is 2.49. The number of hydrogen-bond donors (Lipinski definition) is 1. The van der Waals surface area contributed by atoms with Crippen LogP contribution >= 0.6 is 23.4 Å². The topological polar surface area (TPSA) is 52.9 Å². The summed E-state index contributed by atoms with van der Waals surface area (Å²) in [5.74, 6) is -0.00653. The number of nitrogens with zero attached hydrogens (tertiary/aromatic N) is 1. The molecule has 0 unspecified atom stereocenters. The van der Waals surface area contributed by atoms with Gasteiger partial charge in [-0.05, 0) is 30.3 Å². The molecule has 0 atom stereocenters. The zero-order valence-corrected chi connectivity index (χ0v) is 13.0. The molecule has 0 bridgehead atoms. The van der Waals surface area contributed by atoms with Crippen LogP contribution in [0.3, 0.4) is 0 Å². The van der Waals surface area contributed by atoms with Gasteiger partial charge in [-0.15, -0.1) is 11.8 Å². The lowest BCUT2D eigenvalue weighted by Gasteiger charge is -2.06. The summed E-state index contributed by atoms with van der Waals surface area (Å²) in [6, 6.07) is 13.1. The molecule has 0 fully saturated rings. The van der Waals surface area contributed by atoms with Gasteiger partial charge in [-0.3, -0.25) is 4.79 Å². The molecule has 0 saturated heterocycles. The van der Waals surface area contributed by atoms with Crippen LogP contribution in [0.4, 0.5) is 10.1 Å². The van der Waals surface area contributed by atoms with E-state index in [4.69, 9.17) is 16.9 Å². The summed E-state index contributed by atoms with van der Waals surface area (Å²) < 4.78 is 13.4. The van der Waals surface area contributed by atoms with Crippen LogP contribution in [0.1, 0.15) is 12.0 Å². The van der Waals surface area contributed by atoms with Gasteiger partial charge < -0.3 is 5.32 Å². The van der Waals surface area contributed by atoms with Crippen molar-refractivity contribution < 1.29 is 9.18 Å². The third kappa shape index (κ3) is 4.48. The number of thioether (sulfide) groups is 1. The van der Waals surface area contributed by atoms with Crippen LogP contribution in [0.15, 0.2) is 47.4 Å². The molecule has 112 valence electrons. The molecule has 3 nitrogen and oxygen atoms in total. The van der Waals surface area contributed by atoms with Crippen LogP contribution in [-0.2, 0) is 4.79 Å². The molecule has 2 aromatic carbocycles. The molecule has 0 saturated carbocycles. The smallest absolute Gasteiger partial charge is 0.225 e. The van der Waals surface area contributed by atoms with Crippen LogP contribution in [-0.4, -0.2) is 11.7 Å². The van der Waals surface area contributed by atoms with E-state index in [0.29, 0.717) is 26.9 Å². The lowest BCUT2D eigenvalue weighted by Crippen LogP contribution is -2.12. The Morgan fingerprint density at radius 1 is 1.32 bits per heavy atom. The first-order valence-electron chi connectivity index (χ1n) is 6.47. The van der Waals surface area contributed by atoms with E-state index in [2.05, 4.69) is 5.32 Å². The Morgan fingerprint density at radius 3 is 2.77 bits per heavy atom. The van der Waals surface area contributed by atoms with Gasteiger partial charge in [-0.1, -0.05) is 23.7 Å².